The van der Waals surface area contributed by atoms with E-state index in [0.29, 0.717) is 11.3 Å². The molecule has 4 rings (SSSR count). The summed E-state index contributed by atoms with van der Waals surface area (Å²) in [6.45, 7) is 1.91. The maximum atomic E-state index is 13.0. The molecule has 6 nitrogen and oxygen atoms in total. The maximum absolute atomic E-state index is 13.0. The lowest BCUT2D eigenvalue weighted by molar-refractivity contribution is -0.286. The topological polar surface area (TPSA) is 71.6 Å². The summed E-state index contributed by atoms with van der Waals surface area (Å²) in [7, 11) is 0. The number of rotatable bonds is 3. The molecule has 2 amide bonds. The number of benzene rings is 2. The highest BCUT2D eigenvalue weighted by Gasteiger charge is 2.43. The summed E-state index contributed by atoms with van der Waals surface area (Å²) in [6, 6.07) is 9.86. The molecule has 0 bridgehead atoms. The molecule has 8 heteroatoms. The van der Waals surface area contributed by atoms with E-state index in [4.69, 9.17) is 0 Å². The van der Waals surface area contributed by atoms with Crippen molar-refractivity contribution in [2.45, 2.75) is 25.8 Å². The monoisotopic (exact) mass is 361 g/mol. The minimum absolute atomic E-state index is 0.0223. The quantitative estimate of drug-likeness (QED) is 0.786. The SMILES string of the molecule is O=C(NCc1ccc2c(c1)OC(F)(F)O2)Nc1ccc2c(c1)CNCC2. The van der Waals surface area contributed by atoms with E-state index in [0.717, 1.165) is 19.5 Å². The Morgan fingerprint density at radius 1 is 1.12 bits per heavy atom. The molecule has 2 heterocycles. The Labute approximate surface area is 148 Å². The zero-order chi connectivity index (χ0) is 18.1. The fourth-order valence-corrected chi connectivity index (χ4v) is 3.02. The number of fused-ring (bicyclic) bond motifs is 2. The van der Waals surface area contributed by atoms with Crippen LogP contribution >= 0.6 is 0 Å². The van der Waals surface area contributed by atoms with Crippen LogP contribution in [0.2, 0.25) is 0 Å². The van der Waals surface area contributed by atoms with Gasteiger partial charge < -0.3 is 25.4 Å². The molecule has 2 aromatic rings. The molecule has 2 aliphatic rings. The molecule has 136 valence electrons. The Kier molecular flexibility index (Phi) is 4.12. The molecule has 0 atom stereocenters. The average molecular weight is 361 g/mol. The summed E-state index contributed by atoms with van der Waals surface area (Å²) in [5, 5.41) is 8.75. The van der Waals surface area contributed by atoms with E-state index >= 15 is 0 Å². The van der Waals surface area contributed by atoms with Crippen LogP contribution in [0, 0.1) is 0 Å². The standard InChI is InChI=1S/C18H17F2N3O3/c19-18(20)25-15-4-1-11(7-16(15)26-18)9-22-17(24)23-14-3-2-12-5-6-21-10-13(12)8-14/h1-4,7-8,21H,5-6,9-10H2,(H2,22,23,24). The van der Waals surface area contributed by atoms with Gasteiger partial charge in [0.25, 0.3) is 0 Å². The number of amides is 2. The number of hydrogen-bond donors (Lipinski definition) is 3. The second-order valence-electron chi connectivity index (χ2n) is 6.17. The van der Waals surface area contributed by atoms with Gasteiger partial charge in [0.15, 0.2) is 11.5 Å². The number of anilines is 1. The molecule has 2 aromatic carbocycles. The van der Waals surface area contributed by atoms with E-state index in [9.17, 15) is 13.6 Å². The zero-order valence-corrected chi connectivity index (χ0v) is 13.8. The first kappa shape index (κ1) is 16.6. The number of nitrogens with one attached hydrogen (secondary N) is 3. The molecular weight excluding hydrogens is 344 g/mol. The normalized spacial score (nSPS) is 16.7. The lowest BCUT2D eigenvalue weighted by Crippen LogP contribution is -2.28. The minimum Gasteiger partial charge on any atom is -0.395 e. The van der Waals surface area contributed by atoms with Crippen molar-refractivity contribution < 1.29 is 23.0 Å². The van der Waals surface area contributed by atoms with Gasteiger partial charge in [-0.2, -0.15) is 0 Å². The molecule has 0 aromatic heterocycles. The summed E-state index contributed by atoms with van der Waals surface area (Å²) >= 11 is 0. The molecule has 0 fully saturated rings. The molecule has 0 saturated heterocycles. The van der Waals surface area contributed by atoms with Crippen molar-refractivity contribution in [2.75, 3.05) is 11.9 Å². The van der Waals surface area contributed by atoms with Crippen molar-refractivity contribution in [3.05, 3.63) is 53.1 Å². The van der Waals surface area contributed by atoms with Gasteiger partial charge >= 0.3 is 12.3 Å². The van der Waals surface area contributed by atoms with Gasteiger partial charge in [-0.1, -0.05) is 12.1 Å². The van der Waals surface area contributed by atoms with Gasteiger partial charge in [0, 0.05) is 18.8 Å². The smallest absolute Gasteiger partial charge is 0.395 e. The van der Waals surface area contributed by atoms with E-state index in [2.05, 4.69) is 25.4 Å². The predicted molar refractivity (Wildman–Crippen MR) is 90.4 cm³/mol. The van der Waals surface area contributed by atoms with Gasteiger partial charge in [0.2, 0.25) is 0 Å². The molecular formula is C18H17F2N3O3. The van der Waals surface area contributed by atoms with Gasteiger partial charge in [0.1, 0.15) is 0 Å². The van der Waals surface area contributed by atoms with Crippen LogP contribution in [0.1, 0.15) is 16.7 Å². The first-order valence-corrected chi connectivity index (χ1v) is 8.25. The fraction of sp³-hybridized carbons (Fsp3) is 0.278. The first-order valence-electron chi connectivity index (χ1n) is 8.25. The number of urea groups is 1. The van der Waals surface area contributed by atoms with Crippen LogP contribution in [0.25, 0.3) is 0 Å². The van der Waals surface area contributed by atoms with Crippen LogP contribution in [0.5, 0.6) is 11.5 Å². The van der Waals surface area contributed by atoms with Gasteiger partial charge in [-0.15, -0.1) is 8.78 Å². The third-order valence-corrected chi connectivity index (χ3v) is 4.27. The Bertz CT molecular complexity index is 858. The summed E-state index contributed by atoms with van der Waals surface area (Å²) in [6.07, 6.45) is -2.67. The third-order valence-electron chi connectivity index (χ3n) is 4.27. The van der Waals surface area contributed by atoms with Crippen molar-refractivity contribution >= 4 is 11.7 Å². The molecule has 3 N–H and O–H groups in total. The highest BCUT2D eigenvalue weighted by atomic mass is 19.3. The van der Waals surface area contributed by atoms with Crippen LogP contribution in [0.3, 0.4) is 0 Å². The van der Waals surface area contributed by atoms with Gasteiger partial charge in [-0.25, -0.2) is 4.79 Å². The Morgan fingerprint density at radius 3 is 2.85 bits per heavy atom. The number of hydrogen-bond acceptors (Lipinski definition) is 4. The van der Waals surface area contributed by atoms with Crippen molar-refractivity contribution in [3.8, 4) is 11.5 Å². The Hall–Kier alpha value is -2.87. The second kappa shape index (κ2) is 6.45. The van der Waals surface area contributed by atoms with Crippen LogP contribution in [-0.4, -0.2) is 18.9 Å². The van der Waals surface area contributed by atoms with Crippen LogP contribution in [-0.2, 0) is 19.5 Å². The van der Waals surface area contributed by atoms with Crippen molar-refractivity contribution in [2.24, 2.45) is 0 Å². The van der Waals surface area contributed by atoms with Crippen LogP contribution in [0.4, 0.5) is 19.3 Å². The molecule has 0 radical (unpaired) electrons. The molecule has 26 heavy (non-hydrogen) atoms. The van der Waals surface area contributed by atoms with E-state index in [1.807, 2.05) is 18.2 Å². The molecule has 0 unspecified atom stereocenters. The van der Waals surface area contributed by atoms with Crippen LogP contribution < -0.4 is 25.4 Å². The molecule has 0 aliphatic carbocycles. The number of ether oxygens (including phenoxy) is 2. The van der Waals surface area contributed by atoms with E-state index in [1.54, 1.807) is 6.07 Å². The molecule has 2 aliphatic heterocycles. The van der Waals surface area contributed by atoms with Crippen LogP contribution in [0.15, 0.2) is 36.4 Å². The van der Waals surface area contributed by atoms with E-state index < -0.39 is 6.29 Å². The van der Waals surface area contributed by atoms with Crippen molar-refractivity contribution in [1.82, 2.24) is 10.6 Å². The molecule has 0 spiro atoms. The summed E-state index contributed by atoms with van der Waals surface area (Å²) in [5.74, 6) is -0.0669. The average Bonchev–Trinajstić information content (AvgIpc) is 2.93. The summed E-state index contributed by atoms with van der Waals surface area (Å²) < 4.78 is 34.8. The number of halogens is 2. The predicted octanol–water partition coefficient (Wildman–Crippen LogP) is 2.98. The third kappa shape index (κ3) is 3.55. The van der Waals surface area contributed by atoms with Gasteiger partial charge in [-0.05, 0) is 53.9 Å². The summed E-state index contributed by atoms with van der Waals surface area (Å²) in [5.41, 5.74) is 3.78. The van der Waals surface area contributed by atoms with E-state index in [1.165, 1.54) is 23.3 Å². The second-order valence-corrected chi connectivity index (χ2v) is 6.17. The number of carbonyl (C=O) groups excluding carboxylic acids is 1. The highest BCUT2D eigenvalue weighted by molar-refractivity contribution is 5.89. The largest absolute Gasteiger partial charge is 0.586 e. The zero-order valence-electron chi connectivity index (χ0n) is 13.8. The summed E-state index contributed by atoms with van der Waals surface area (Å²) in [4.78, 5) is 12.1. The van der Waals surface area contributed by atoms with Gasteiger partial charge in [-0.3, -0.25) is 0 Å². The highest BCUT2D eigenvalue weighted by Crippen LogP contribution is 2.41. The number of carbonyl (C=O) groups is 1. The van der Waals surface area contributed by atoms with Crippen molar-refractivity contribution in [1.29, 1.82) is 0 Å². The fourth-order valence-electron chi connectivity index (χ4n) is 3.02. The first-order chi connectivity index (χ1) is 12.5. The minimum atomic E-state index is -3.65. The van der Waals surface area contributed by atoms with Crippen molar-refractivity contribution in [3.63, 3.8) is 0 Å². The lowest BCUT2D eigenvalue weighted by atomic mass is 10.0. The maximum Gasteiger partial charge on any atom is 0.586 e. The lowest BCUT2D eigenvalue weighted by Gasteiger charge is -2.18. The Balaban J connectivity index is 1.35. The Morgan fingerprint density at radius 2 is 1.96 bits per heavy atom. The number of alkyl halides is 2. The van der Waals surface area contributed by atoms with Gasteiger partial charge in [0.05, 0.1) is 0 Å². The molecule has 0 saturated carbocycles. The van der Waals surface area contributed by atoms with E-state index in [-0.39, 0.29) is 24.1 Å².